The minimum atomic E-state index is -0.514. The minimum Gasteiger partial charge on any atom is -0.368 e. The van der Waals surface area contributed by atoms with Gasteiger partial charge in [0.1, 0.15) is 0 Å². The van der Waals surface area contributed by atoms with Crippen molar-refractivity contribution in [1.29, 1.82) is 0 Å². The van der Waals surface area contributed by atoms with Gasteiger partial charge in [0.25, 0.3) is 0 Å². The van der Waals surface area contributed by atoms with Gasteiger partial charge < -0.3 is 11.1 Å². The van der Waals surface area contributed by atoms with E-state index >= 15 is 0 Å². The second-order valence-electron chi connectivity index (χ2n) is 5.35. The summed E-state index contributed by atoms with van der Waals surface area (Å²) in [5.41, 5.74) is 6.34. The number of amides is 1. The molecule has 0 aromatic heterocycles. The number of nitrogens with two attached hydrogens (primary N) is 1. The Bertz CT molecular complexity index is 463. The number of nitrogens with one attached hydrogen (secondary N) is 1. The molecule has 0 bridgehead atoms. The van der Waals surface area contributed by atoms with Crippen LogP contribution in [0.5, 0.6) is 0 Å². The second kappa shape index (κ2) is 5.97. The van der Waals surface area contributed by atoms with E-state index in [2.05, 4.69) is 36.5 Å². The molecule has 1 fully saturated rings. The Kier molecular flexibility index (Phi) is 4.53. The van der Waals surface area contributed by atoms with Gasteiger partial charge in [-0.05, 0) is 51.8 Å². The fourth-order valence-electron chi connectivity index (χ4n) is 2.78. The molecule has 1 aliphatic carbocycles. The number of aryl methyl sites for hydroxylation is 1. The van der Waals surface area contributed by atoms with Crippen molar-refractivity contribution in [1.82, 2.24) is 5.32 Å². The van der Waals surface area contributed by atoms with Gasteiger partial charge in [0.2, 0.25) is 5.91 Å². The SMILES string of the molecule is CNC1(C(N)=O)CCCC(Sc2cccc(C)c2)C1. The summed E-state index contributed by atoms with van der Waals surface area (Å²) < 4.78 is 0. The van der Waals surface area contributed by atoms with E-state index in [0.717, 1.165) is 25.7 Å². The first kappa shape index (κ1) is 14.4. The number of hydrogen-bond acceptors (Lipinski definition) is 3. The zero-order chi connectivity index (χ0) is 13.9. The average molecular weight is 278 g/mol. The van der Waals surface area contributed by atoms with E-state index in [1.54, 1.807) is 0 Å². The molecule has 4 heteroatoms. The number of carbonyl (C=O) groups excluding carboxylic acids is 1. The van der Waals surface area contributed by atoms with Crippen LogP contribution >= 0.6 is 11.8 Å². The summed E-state index contributed by atoms with van der Waals surface area (Å²) in [5.74, 6) is -0.218. The maximum absolute atomic E-state index is 11.7. The van der Waals surface area contributed by atoms with E-state index in [0.29, 0.717) is 5.25 Å². The molecule has 104 valence electrons. The first-order chi connectivity index (χ1) is 9.05. The van der Waals surface area contributed by atoms with Crippen LogP contribution in [0.3, 0.4) is 0 Å². The standard InChI is InChI=1S/C15H22N2OS/c1-11-5-3-6-12(9-11)19-13-7-4-8-15(10-13,17-2)14(16)18/h3,5-6,9,13,17H,4,7-8,10H2,1-2H3,(H2,16,18). The van der Waals surface area contributed by atoms with Crippen LogP contribution in [0.2, 0.25) is 0 Å². The van der Waals surface area contributed by atoms with Crippen molar-refractivity contribution in [3.05, 3.63) is 29.8 Å². The molecule has 2 atom stereocenters. The van der Waals surface area contributed by atoms with E-state index in [1.165, 1.54) is 10.5 Å². The summed E-state index contributed by atoms with van der Waals surface area (Å²) in [6, 6.07) is 8.52. The average Bonchev–Trinajstić information content (AvgIpc) is 2.38. The van der Waals surface area contributed by atoms with Crippen LogP contribution < -0.4 is 11.1 Å². The third kappa shape index (κ3) is 3.31. The highest BCUT2D eigenvalue weighted by Gasteiger charge is 2.40. The molecule has 19 heavy (non-hydrogen) atoms. The van der Waals surface area contributed by atoms with Gasteiger partial charge in [-0.2, -0.15) is 0 Å². The molecule has 0 spiro atoms. The first-order valence-electron chi connectivity index (χ1n) is 6.78. The number of primary amides is 1. The molecule has 3 N–H and O–H groups in total. The topological polar surface area (TPSA) is 55.1 Å². The molecule has 0 saturated heterocycles. The lowest BCUT2D eigenvalue weighted by molar-refractivity contribution is -0.125. The fraction of sp³-hybridized carbons (Fsp3) is 0.533. The summed E-state index contributed by atoms with van der Waals surface area (Å²) in [6.07, 6.45) is 3.86. The van der Waals surface area contributed by atoms with Crippen molar-refractivity contribution < 1.29 is 4.79 Å². The van der Waals surface area contributed by atoms with Gasteiger partial charge in [-0.3, -0.25) is 4.79 Å². The molecule has 1 saturated carbocycles. The third-order valence-electron chi connectivity index (χ3n) is 3.95. The van der Waals surface area contributed by atoms with E-state index < -0.39 is 5.54 Å². The number of rotatable bonds is 4. The molecule has 0 radical (unpaired) electrons. The summed E-state index contributed by atoms with van der Waals surface area (Å²) in [4.78, 5) is 13.0. The van der Waals surface area contributed by atoms with Gasteiger partial charge in [0.15, 0.2) is 0 Å². The Morgan fingerprint density at radius 1 is 1.53 bits per heavy atom. The van der Waals surface area contributed by atoms with E-state index in [9.17, 15) is 4.79 Å². The van der Waals surface area contributed by atoms with Crippen LogP contribution in [0.15, 0.2) is 29.2 Å². The predicted molar refractivity (Wildman–Crippen MR) is 80.3 cm³/mol. The monoisotopic (exact) mass is 278 g/mol. The number of likely N-dealkylation sites (N-methyl/N-ethyl adjacent to an activating group) is 1. The number of carbonyl (C=O) groups is 1. The highest BCUT2D eigenvalue weighted by atomic mass is 32.2. The Morgan fingerprint density at radius 2 is 2.32 bits per heavy atom. The number of thioether (sulfide) groups is 1. The lowest BCUT2D eigenvalue weighted by Gasteiger charge is -2.38. The van der Waals surface area contributed by atoms with Crippen molar-refractivity contribution in [2.45, 2.75) is 48.3 Å². The molecule has 1 aromatic rings. The van der Waals surface area contributed by atoms with Crippen molar-refractivity contribution in [3.63, 3.8) is 0 Å². The number of benzene rings is 1. The van der Waals surface area contributed by atoms with Crippen LogP contribution in [-0.4, -0.2) is 23.7 Å². The van der Waals surface area contributed by atoms with E-state index in [-0.39, 0.29) is 5.91 Å². The molecule has 1 amide bonds. The molecule has 2 rings (SSSR count). The molecule has 1 aliphatic rings. The summed E-state index contributed by atoms with van der Waals surface area (Å²) in [5, 5.41) is 3.61. The van der Waals surface area contributed by atoms with E-state index in [4.69, 9.17) is 5.73 Å². The summed E-state index contributed by atoms with van der Waals surface area (Å²) in [6.45, 7) is 2.10. The van der Waals surface area contributed by atoms with Crippen LogP contribution in [0, 0.1) is 6.92 Å². The second-order valence-corrected chi connectivity index (χ2v) is 6.72. The minimum absolute atomic E-state index is 0.218. The molecule has 0 aliphatic heterocycles. The molecule has 1 aromatic carbocycles. The highest BCUT2D eigenvalue weighted by Crippen LogP contribution is 2.38. The van der Waals surface area contributed by atoms with Gasteiger partial charge >= 0.3 is 0 Å². The van der Waals surface area contributed by atoms with Crippen LogP contribution in [0.25, 0.3) is 0 Å². The number of hydrogen-bond donors (Lipinski definition) is 2. The predicted octanol–water partition coefficient (Wildman–Crippen LogP) is 2.47. The normalized spacial score (nSPS) is 27.2. The van der Waals surface area contributed by atoms with Crippen molar-refractivity contribution in [2.75, 3.05) is 7.05 Å². The van der Waals surface area contributed by atoms with Crippen LogP contribution in [0.1, 0.15) is 31.2 Å². The van der Waals surface area contributed by atoms with Gasteiger partial charge in [-0.15, -0.1) is 11.8 Å². The van der Waals surface area contributed by atoms with Gasteiger partial charge in [0, 0.05) is 10.1 Å². The molecular formula is C15H22N2OS. The largest absolute Gasteiger partial charge is 0.368 e. The van der Waals surface area contributed by atoms with Gasteiger partial charge in [-0.1, -0.05) is 17.7 Å². The Balaban J connectivity index is 2.07. The van der Waals surface area contributed by atoms with Gasteiger partial charge in [0.05, 0.1) is 5.54 Å². The van der Waals surface area contributed by atoms with Crippen LogP contribution in [0.4, 0.5) is 0 Å². The molecule has 3 nitrogen and oxygen atoms in total. The Hall–Kier alpha value is -1.00. The molecule has 2 unspecified atom stereocenters. The van der Waals surface area contributed by atoms with E-state index in [1.807, 2.05) is 18.8 Å². The van der Waals surface area contributed by atoms with Gasteiger partial charge in [-0.25, -0.2) is 0 Å². The first-order valence-corrected chi connectivity index (χ1v) is 7.66. The van der Waals surface area contributed by atoms with Crippen molar-refractivity contribution >= 4 is 17.7 Å². The van der Waals surface area contributed by atoms with Crippen molar-refractivity contribution in [3.8, 4) is 0 Å². The molecular weight excluding hydrogens is 256 g/mol. The quantitative estimate of drug-likeness (QED) is 0.889. The smallest absolute Gasteiger partial charge is 0.237 e. The lowest BCUT2D eigenvalue weighted by Crippen LogP contribution is -2.57. The van der Waals surface area contributed by atoms with Crippen molar-refractivity contribution in [2.24, 2.45) is 5.73 Å². The zero-order valence-corrected chi connectivity index (χ0v) is 12.4. The fourth-order valence-corrected chi connectivity index (χ4v) is 4.23. The highest BCUT2D eigenvalue weighted by molar-refractivity contribution is 8.00. The maximum atomic E-state index is 11.7. The van der Waals surface area contributed by atoms with Crippen LogP contribution in [-0.2, 0) is 4.79 Å². The maximum Gasteiger partial charge on any atom is 0.237 e. The Morgan fingerprint density at radius 3 is 2.95 bits per heavy atom. The lowest BCUT2D eigenvalue weighted by atomic mass is 9.81. The Labute approximate surface area is 119 Å². The zero-order valence-electron chi connectivity index (χ0n) is 11.6. The third-order valence-corrected chi connectivity index (χ3v) is 5.21. The molecule has 0 heterocycles. The summed E-state index contributed by atoms with van der Waals surface area (Å²) in [7, 11) is 1.84. The summed E-state index contributed by atoms with van der Waals surface area (Å²) >= 11 is 1.87.